The van der Waals surface area contributed by atoms with Crippen LogP contribution in [0.2, 0.25) is 0 Å². The first-order valence-corrected chi connectivity index (χ1v) is 5.02. The van der Waals surface area contributed by atoms with Crippen LogP contribution in [0.25, 0.3) is 6.08 Å². The molecule has 15 heavy (non-hydrogen) atoms. The average Bonchev–Trinajstić information content (AvgIpc) is 2.19. The van der Waals surface area contributed by atoms with Crippen molar-refractivity contribution < 1.29 is 0 Å². The molecular formula is C14H17N. The lowest BCUT2D eigenvalue weighted by molar-refractivity contribution is 1.32. The highest BCUT2D eigenvalue weighted by Crippen LogP contribution is 2.16. The molecule has 1 rings (SSSR count). The Hall–Kier alpha value is -1.63. The largest absolute Gasteiger partial charge is 0.305 e. The molecule has 0 saturated carbocycles. The summed E-state index contributed by atoms with van der Waals surface area (Å²) in [7, 11) is 0. The topological polar surface area (TPSA) is 23.9 Å². The van der Waals surface area contributed by atoms with Crippen LogP contribution < -0.4 is 0 Å². The van der Waals surface area contributed by atoms with Crippen molar-refractivity contribution in [2.45, 2.75) is 20.8 Å². The quantitative estimate of drug-likeness (QED) is 0.563. The maximum atomic E-state index is 7.59. The first-order chi connectivity index (χ1) is 7.06. The van der Waals surface area contributed by atoms with Crippen LogP contribution in [0.4, 0.5) is 0 Å². The highest BCUT2D eigenvalue weighted by atomic mass is 14.4. The van der Waals surface area contributed by atoms with E-state index in [-0.39, 0.29) is 0 Å². The molecule has 0 aromatic heterocycles. The van der Waals surface area contributed by atoms with Crippen LogP contribution >= 0.6 is 0 Å². The molecular weight excluding hydrogens is 182 g/mol. The molecule has 0 saturated heterocycles. The van der Waals surface area contributed by atoms with Gasteiger partial charge in [-0.3, -0.25) is 0 Å². The number of allylic oxidation sites excluding steroid dienone is 2. The van der Waals surface area contributed by atoms with Crippen LogP contribution in [0.1, 0.15) is 23.6 Å². The van der Waals surface area contributed by atoms with Crippen LogP contribution in [-0.4, -0.2) is 5.71 Å². The molecule has 0 unspecified atom stereocenters. The molecule has 0 fully saturated rings. The zero-order chi connectivity index (χ0) is 11.4. The Bertz CT molecular complexity index is 425. The Morgan fingerprint density at radius 2 is 2.00 bits per heavy atom. The summed E-state index contributed by atoms with van der Waals surface area (Å²) >= 11 is 0. The van der Waals surface area contributed by atoms with Crippen molar-refractivity contribution in [2.24, 2.45) is 0 Å². The second-order valence-electron chi connectivity index (χ2n) is 3.72. The first kappa shape index (κ1) is 11.4. The Morgan fingerprint density at radius 1 is 1.33 bits per heavy atom. The number of rotatable bonds is 3. The van der Waals surface area contributed by atoms with E-state index in [2.05, 4.69) is 32.6 Å². The molecule has 0 atom stereocenters. The number of aryl methyl sites for hydroxylation is 1. The first-order valence-electron chi connectivity index (χ1n) is 5.02. The van der Waals surface area contributed by atoms with Gasteiger partial charge < -0.3 is 5.41 Å². The molecule has 0 heterocycles. The van der Waals surface area contributed by atoms with Crippen molar-refractivity contribution in [2.75, 3.05) is 0 Å². The summed E-state index contributed by atoms with van der Waals surface area (Å²) in [4.78, 5) is 0. The van der Waals surface area contributed by atoms with Crippen LogP contribution in [0, 0.1) is 19.3 Å². The fourth-order valence-electron chi connectivity index (χ4n) is 1.42. The van der Waals surface area contributed by atoms with E-state index in [9.17, 15) is 0 Å². The summed E-state index contributed by atoms with van der Waals surface area (Å²) in [6, 6.07) is 6.19. The lowest BCUT2D eigenvalue weighted by Crippen LogP contribution is -1.93. The van der Waals surface area contributed by atoms with E-state index in [0.29, 0.717) is 5.71 Å². The van der Waals surface area contributed by atoms with E-state index in [1.807, 2.05) is 12.1 Å². The molecule has 0 amide bonds. The van der Waals surface area contributed by atoms with Gasteiger partial charge in [0.05, 0.1) is 0 Å². The zero-order valence-corrected chi connectivity index (χ0v) is 9.59. The molecule has 1 heteroatoms. The van der Waals surface area contributed by atoms with Crippen molar-refractivity contribution in [1.29, 1.82) is 5.41 Å². The number of benzene rings is 1. The van der Waals surface area contributed by atoms with E-state index >= 15 is 0 Å². The maximum absolute atomic E-state index is 7.59. The van der Waals surface area contributed by atoms with Gasteiger partial charge in [0.1, 0.15) is 0 Å². The summed E-state index contributed by atoms with van der Waals surface area (Å²) in [6.07, 6.45) is 3.74. The van der Waals surface area contributed by atoms with Gasteiger partial charge >= 0.3 is 0 Å². The summed E-state index contributed by atoms with van der Waals surface area (Å²) in [5.41, 5.74) is 5.12. The minimum Gasteiger partial charge on any atom is -0.305 e. The molecule has 1 aromatic carbocycles. The third kappa shape index (κ3) is 2.66. The fourth-order valence-corrected chi connectivity index (χ4v) is 1.42. The highest BCUT2D eigenvalue weighted by Gasteiger charge is 2.00. The van der Waals surface area contributed by atoms with Crippen molar-refractivity contribution in [1.82, 2.24) is 0 Å². The molecule has 0 aliphatic rings. The summed E-state index contributed by atoms with van der Waals surface area (Å²) in [5.74, 6) is 0. The number of nitrogens with one attached hydrogen (secondary N) is 1. The van der Waals surface area contributed by atoms with E-state index in [4.69, 9.17) is 5.41 Å². The van der Waals surface area contributed by atoms with Crippen LogP contribution in [-0.2, 0) is 0 Å². The normalized spacial score (nSPS) is 11.3. The van der Waals surface area contributed by atoms with E-state index in [1.165, 1.54) is 11.1 Å². The Labute approximate surface area is 91.7 Å². The van der Waals surface area contributed by atoms with Gasteiger partial charge in [0.2, 0.25) is 0 Å². The standard InChI is InChI=1S/C14H17N/c1-5-13(12(4)15)9-14-8-6-7-10(2)11(14)3/h5-9,15H,1H2,2-4H3/b13-9+,15-12?. The van der Waals surface area contributed by atoms with Crippen LogP contribution in [0.3, 0.4) is 0 Å². The molecule has 0 aliphatic heterocycles. The molecule has 78 valence electrons. The predicted octanol–water partition coefficient (Wildman–Crippen LogP) is 3.91. The lowest BCUT2D eigenvalue weighted by atomic mass is 10.00. The van der Waals surface area contributed by atoms with Gasteiger partial charge in [0.25, 0.3) is 0 Å². The van der Waals surface area contributed by atoms with Gasteiger partial charge in [-0.05, 0) is 49.1 Å². The molecule has 1 aromatic rings. The van der Waals surface area contributed by atoms with Crippen molar-refractivity contribution in [3.05, 3.63) is 53.1 Å². The fraction of sp³-hybridized carbons (Fsp3) is 0.214. The minimum absolute atomic E-state index is 0.547. The monoisotopic (exact) mass is 199 g/mol. The zero-order valence-electron chi connectivity index (χ0n) is 9.59. The van der Waals surface area contributed by atoms with E-state index in [0.717, 1.165) is 11.1 Å². The number of hydrogen-bond donors (Lipinski definition) is 1. The van der Waals surface area contributed by atoms with Gasteiger partial charge in [0, 0.05) is 5.71 Å². The molecule has 0 spiro atoms. The third-order valence-corrected chi connectivity index (χ3v) is 2.61. The van der Waals surface area contributed by atoms with Gasteiger partial charge in [-0.15, -0.1) is 0 Å². The SMILES string of the molecule is C=C/C(=C\c1cccc(C)c1C)C(C)=N. The van der Waals surface area contributed by atoms with Gasteiger partial charge in [-0.1, -0.05) is 30.9 Å². The Balaban J connectivity index is 3.23. The molecule has 0 bridgehead atoms. The van der Waals surface area contributed by atoms with E-state index < -0.39 is 0 Å². The predicted molar refractivity (Wildman–Crippen MR) is 67.5 cm³/mol. The Kier molecular flexibility index (Phi) is 3.62. The van der Waals surface area contributed by atoms with Crippen molar-refractivity contribution >= 4 is 11.8 Å². The average molecular weight is 199 g/mol. The summed E-state index contributed by atoms with van der Waals surface area (Å²) < 4.78 is 0. The minimum atomic E-state index is 0.547. The Morgan fingerprint density at radius 3 is 2.53 bits per heavy atom. The lowest BCUT2D eigenvalue weighted by Gasteiger charge is -2.05. The third-order valence-electron chi connectivity index (χ3n) is 2.61. The van der Waals surface area contributed by atoms with E-state index in [1.54, 1.807) is 13.0 Å². The van der Waals surface area contributed by atoms with Crippen molar-refractivity contribution in [3.8, 4) is 0 Å². The van der Waals surface area contributed by atoms with Gasteiger partial charge in [0.15, 0.2) is 0 Å². The van der Waals surface area contributed by atoms with Crippen molar-refractivity contribution in [3.63, 3.8) is 0 Å². The molecule has 1 nitrogen and oxygen atoms in total. The van der Waals surface area contributed by atoms with Crippen LogP contribution in [0.5, 0.6) is 0 Å². The van der Waals surface area contributed by atoms with Gasteiger partial charge in [-0.2, -0.15) is 0 Å². The summed E-state index contributed by atoms with van der Waals surface area (Å²) in [6.45, 7) is 9.69. The maximum Gasteiger partial charge on any atom is 0.0355 e. The van der Waals surface area contributed by atoms with Crippen LogP contribution in [0.15, 0.2) is 36.4 Å². The molecule has 0 aliphatic carbocycles. The molecule has 0 radical (unpaired) electrons. The smallest absolute Gasteiger partial charge is 0.0355 e. The summed E-state index contributed by atoms with van der Waals surface area (Å²) in [5, 5.41) is 7.59. The second-order valence-corrected chi connectivity index (χ2v) is 3.72. The highest BCUT2D eigenvalue weighted by molar-refractivity contribution is 6.02. The van der Waals surface area contributed by atoms with Gasteiger partial charge in [-0.25, -0.2) is 0 Å². The second kappa shape index (κ2) is 4.74. The number of hydrogen-bond acceptors (Lipinski definition) is 1. The molecule has 1 N–H and O–H groups in total.